The standard InChI is InChI=1S/C20H19FN6O3/c21-13-1-3-14(4-2-13)24-20(30)25-16-7-8-27(11-16)19(29)18(28)23-15-5-6-17-12(9-15)10-22-26-17/h1-6,9-10,16H,7-8,11H2,(H,22,26)(H,23,28)(H2,24,25,30). The second-order valence-electron chi connectivity index (χ2n) is 6.97. The van der Waals surface area contributed by atoms with E-state index in [0.29, 0.717) is 24.3 Å². The number of amides is 4. The second-order valence-corrected chi connectivity index (χ2v) is 6.97. The highest BCUT2D eigenvalue weighted by Gasteiger charge is 2.31. The summed E-state index contributed by atoms with van der Waals surface area (Å²) in [5.41, 5.74) is 1.77. The summed E-state index contributed by atoms with van der Waals surface area (Å²) in [6.45, 7) is 0.582. The molecule has 1 aliphatic heterocycles. The Hall–Kier alpha value is -3.95. The van der Waals surface area contributed by atoms with Crippen molar-refractivity contribution in [2.45, 2.75) is 12.5 Å². The van der Waals surface area contributed by atoms with E-state index in [1.807, 2.05) is 0 Å². The number of nitrogens with one attached hydrogen (secondary N) is 4. The van der Waals surface area contributed by atoms with Gasteiger partial charge in [0.1, 0.15) is 5.82 Å². The first-order valence-electron chi connectivity index (χ1n) is 9.34. The van der Waals surface area contributed by atoms with Crippen molar-refractivity contribution >= 4 is 40.1 Å². The number of likely N-dealkylation sites (tertiary alicyclic amines) is 1. The molecule has 30 heavy (non-hydrogen) atoms. The van der Waals surface area contributed by atoms with Crippen LogP contribution in [0.2, 0.25) is 0 Å². The normalized spacial score (nSPS) is 15.8. The number of rotatable bonds is 3. The van der Waals surface area contributed by atoms with E-state index < -0.39 is 23.7 Å². The zero-order chi connectivity index (χ0) is 21.1. The molecule has 1 unspecified atom stereocenters. The molecule has 154 valence electrons. The molecule has 10 heteroatoms. The van der Waals surface area contributed by atoms with Gasteiger partial charge in [0, 0.05) is 35.9 Å². The maximum atomic E-state index is 12.9. The van der Waals surface area contributed by atoms with Gasteiger partial charge in [0.2, 0.25) is 0 Å². The Morgan fingerprint density at radius 2 is 1.83 bits per heavy atom. The predicted molar refractivity (Wildman–Crippen MR) is 108 cm³/mol. The Morgan fingerprint density at radius 1 is 1.07 bits per heavy atom. The van der Waals surface area contributed by atoms with Gasteiger partial charge in [-0.1, -0.05) is 0 Å². The van der Waals surface area contributed by atoms with Gasteiger partial charge in [-0.2, -0.15) is 5.10 Å². The predicted octanol–water partition coefficient (Wildman–Crippen LogP) is 2.06. The number of carbonyl (C=O) groups excluding carboxylic acids is 3. The van der Waals surface area contributed by atoms with E-state index in [9.17, 15) is 18.8 Å². The molecule has 3 aromatic rings. The molecular formula is C20H19FN6O3. The van der Waals surface area contributed by atoms with Gasteiger partial charge in [-0.3, -0.25) is 14.7 Å². The molecule has 4 N–H and O–H groups in total. The van der Waals surface area contributed by atoms with Crippen molar-refractivity contribution < 1.29 is 18.8 Å². The van der Waals surface area contributed by atoms with Crippen LogP contribution in [0.15, 0.2) is 48.7 Å². The molecule has 0 saturated carbocycles. The summed E-state index contributed by atoms with van der Waals surface area (Å²) in [6, 6.07) is 9.80. The number of hydrogen-bond donors (Lipinski definition) is 4. The summed E-state index contributed by atoms with van der Waals surface area (Å²) in [4.78, 5) is 38.2. The first-order chi connectivity index (χ1) is 14.5. The number of anilines is 2. The first kappa shape index (κ1) is 19.4. The van der Waals surface area contributed by atoms with Crippen LogP contribution in [0, 0.1) is 5.82 Å². The fourth-order valence-electron chi connectivity index (χ4n) is 3.30. The van der Waals surface area contributed by atoms with Crippen LogP contribution in [0.25, 0.3) is 10.9 Å². The van der Waals surface area contributed by atoms with Gasteiger partial charge in [0.05, 0.1) is 11.7 Å². The number of nitrogens with zero attached hydrogens (tertiary/aromatic N) is 2. The lowest BCUT2D eigenvalue weighted by Gasteiger charge is -2.17. The number of benzene rings is 2. The molecule has 4 rings (SSSR count). The largest absolute Gasteiger partial charge is 0.333 e. The minimum Gasteiger partial charge on any atom is -0.333 e. The van der Waals surface area contributed by atoms with Crippen molar-refractivity contribution in [2.24, 2.45) is 0 Å². The zero-order valence-corrected chi connectivity index (χ0v) is 15.8. The minimum absolute atomic E-state index is 0.226. The van der Waals surface area contributed by atoms with Gasteiger partial charge in [0.15, 0.2) is 0 Å². The number of carbonyl (C=O) groups is 3. The number of halogens is 1. The SMILES string of the molecule is O=C(Nc1ccc(F)cc1)NC1CCN(C(=O)C(=O)Nc2ccc3[nH]ncc3c2)C1. The monoisotopic (exact) mass is 410 g/mol. The molecule has 4 amide bonds. The van der Waals surface area contributed by atoms with E-state index in [-0.39, 0.29) is 12.6 Å². The van der Waals surface area contributed by atoms with Crippen molar-refractivity contribution in [3.63, 3.8) is 0 Å². The molecule has 0 radical (unpaired) electrons. The minimum atomic E-state index is -0.741. The Morgan fingerprint density at radius 3 is 2.63 bits per heavy atom. The average molecular weight is 410 g/mol. The van der Waals surface area contributed by atoms with Crippen LogP contribution < -0.4 is 16.0 Å². The van der Waals surface area contributed by atoms with Gasteiger partial charge >= 0.3 is 17.8 Å². The number of aromatic amines is 1. The lowest BCUT2D eigenvalue weighted by Crippen LogP contribution is -2.43. The van der Waals surface area contributed by atoms with Crippen molar-refractivity contribution in [1.29, 1.82) is 0 Å². The van der Waals surface area contributed by atoms with E-state index in [1.54, 1.807) is 24.4 Å². The molecular weight excluding hydrogens is 391 g/mol. The van der Waals surface area contributed by atoms with Crippen LogP contribution in [0.4, 0.5) is 20.6 Å². The molecule has 9 nitrogen and oxygen atoms in total. The maximum Gasteiger partial charge on any atom is 0.319 e. The number of fused-ring (bicyclic) bond motifs is 1. The topological polar surface area (TPSA) is 119 Å². The van der Waals surface area contributed by atoms with Gasteiger partial charge in [-0.15, -0.1) is 0 Å². The van der Waals surface area contributed by atoms with E-state index in [2.05, 4.69) is 26.1 Å². The molecule has 1 aromatic heterocycles. The molecule has 1 atom stereocenters. The van der Waals surface area contributed by atoms with Crippen LogP contribution >= 0.6 is 0 Å². The number of hydrogen-bond acceptors (Lipinski definition) is 4. The highest BCUT2D eigenvalue weighted by atomic mass is 19.1. The van der Waals surface area contributed by atoms with E-state index in [0.717, 1.165) is 10.9 Å². The molecule has 1 fully saturated rings. The molecule has 0 spiro atoms. The maximum absolute atomic E-state index is 12.9. The third-order valence-electron chi connectivity index (χ3n) is 4.81. The van der Waals surface area contributed by atoms with E-state index in [4.69, 9.17) is 0 Å². The van der Waals surface area contributed by atoms with Crippen molar-refractivity contribution in [1.82, 2.24) is 20.4 Å². The lowest BCUT2D eigenvalue weighted by atomic mass is 10.2. The Balaban J connectivity index is 1.28. The highest BCUT2D eigenvalue weighted by Crippen LogP contribution is 2.17. The van der Waals surface area contributed by atoms with Crippen molar-refractivity contribution in [2.75, 3.05) is 23.7 Å². The Bertz CT molecular complexity index is 1100. The van der Waals surface area contributed by atoms with E-state index in [1.165, 1.54) is 29.2 Å². The van der Waals surface area contributed by atoms with Crippen LogP contribution in [-0.2, 0) is 9.59 Å². The molecule has 2 aromatic carbocycles. The average Bonchev–Trinajstić information content (AvgIpc) is 3.38. The third kappa shape index (κ3) is 4.37. The van der Waals surface area contributed by atoms with Gasteiger partial charge in [-0.25, -0.2) is 9.18 Å². The summed E-state index contributed by atoms with van der Waals surface area (Å²) >= 11 is 0. The quantitative estimate of drug-likeness (QED) is 0.494. The fraction of sp³-hybridized carbons (Fsp3) is 0.200. The summed E-state index contributed by atoms with van der Waals surface area (Å²) in [7, 11) is 0. The summed E-state index contributed by atoms with van der Waals surface area (Å²) < 4.78 is 12.9. The van der Waals surface area contributed by atoms with E-state index >= 15 is 0 Å². The lowest BCUT2D eigenvalue weighted by molar-refractivity contribution is -0.142. The van der Waals surface area contributed by atoms with Gasteiger partial charge in [0.25, 0.3) is 0 Å². The molecule has 1 saturated heterocycles. The number of H-pyrrole nitrogens is 1. The van der Waals surface area contributed by atoms with Crippen LogP contribution in [0.3, 0.4) is 0 Å². The van der Waals surface area contributed by atoms with Crippen LogP contribution in [0.1, 0.15) is 6.42 Å². The number of aromatic nitrogens is 2. The van der Waals surface area contributed by atoms with Crippen molar-refractivity contribution in [3.05, 3.63) is 54.5 Å². The first-order valence-corrected chi connectivity index (χ1v) is 9.34. The Labute approximate surface area is 170 Å². The van der Waals surface area contributed by atoms with Crippen LogP contribution in [-0.4, -0.2) is 52.1 Å². The van der Waals surface area contributed by atoms with Gasteiger partial charge in [-0.05, 0) is 48.9 Å². The number of urea groups is 1. The summed E-state index contributed by atoms with van der Waals surface area (Å²) in [5.74, 6) is -1.80. The summed E-state index contributed by atoms with van der Waals surface area (Å²) in [5, 5.41) is 15.5. The molecule has 0 aliphatic carbocycles. The fourth-order valence-corrected chi connectivity index (χ4v) is 3.30. The molecule has 0 bridgehead atoms. The van der Waals surface area contributed by atoms with Crippen molar-refractivity contribution in [3.8, 4) is 0 Å². The zero-order valence-electron chi connectivity index (χ0n) is 15.8. The molecule has 1 aliphatic rings. The van der Waals surface area contributed by atoms with Crippen LogP contribution in [0.5, 0.6) is 0 Å². The third-order valence-corrected chi connectivity index (χ3v) is 4.81. The Kier molecular flexibility index (Phi) is 5.29. The smallest absolute Gasteiger partial charge is 0.319 e. The van der Waals surface area contributed by atoms with Gasteiger partial charge < -0.3 is 20.9 Å². The summed E-state index contributed by atoms with van der Waals surface area (Å²) in [6.07, 6.45) is 2.15. The molecule has 2 heterocycles. The second kappa shape index (κ2) is 8.19. The highest BCUT2D eigenvalue weighted by molar-refractivity contribution is 6.39.